The lowest BCUT2D eigenvalue weighted by atomic mass is 9.93. The zero-order valence-corrected chi connectivity index (χ0v) is 12.6. The van der Waals surface area contributed by atoms with Crippen molar-refractivity contribution in [1.82, 2.24) is 14.5 Å². The third-order valence-electron chi connectivity index (χ3n) is 3.93. The summed E-state index contributed by atoms with van der Waals surface area (Å²) in [5.41, 5.74) is 2.98. The van der Waals surface area contributed by atoms with E-state index in [-0.39, 0.29) is 18.6 Å². The Morgan fingerprint density at radius 3 is 3.05 bits per heavy atom. The van der Waals surface area contributed by atoms with Crippen LogP contribution in [0.15, 0.2) is 24.3 Å². The molecule has 0 saturated carbocycles. The summed E-state index contributed by atoms with van der Waals surface area (Å²) >= 11 is 1.14. The van der Waals surface area contributed by atoms with Gasteiger partial charge in [-0.15, -0.1) is 5.10 Å². The second-order valence-electron chi connectivity index (χ2n) is 5.05. The Labute approximate surface area is 127 Å². The van der Waals surface area contributed by atoms with Crippen molar-refractivity contribution in [2.24, 2.45) is 0 Å². The highest BCUT2D eigenvalue weighted by molar-refractivity contribution is 7.08. The number of rotatable bonds is 3. The molecule has 21 heavy (non-hydrogen) atoms. The number of aryl methyl sites for hydroxylation is 1. The molecule has 1 N–H and O–H groups in total. The van der Waals surface area contributed by atoms with Gasteiger partial charge in [0, 0.05) is 6.54 Å². The molecule has 1 unspecified atom stereocenters. The molecule has 1 aromatic heterocycles. The summed E-state index contributed by atoms with van der Waals surface area (Å²) in [6.45, 7) is 2.50. The van der Waals surface area contributed by atoms with E-state index in [0.29, 0.717) is 17.8 Å². The molecule has 3 rings (SSSR count). The molecular formula is C15H17N3O2S. The molecule has 2 aromatic rings. The second-order valence-corrected chi connectivity index (χ2v) is 5.80. The van der Waals surface area contributed by atoms with E-state index >= 15 is 0 Å². The van der Waals surface area contributed by atoms with Crippen LogP contribution in [0.2, 0.25) is 0 Å². The summed E-state index contributed by atoms with van der Waals surface area (Å²) in [6, 6.07) is 7.70. The lowest BCUT2D eigenvalue weighted by Crippen LogP contribution is -2.41. The van der Waals surface area contributed by atoms with Crippen molar-refractivity contribution < 1.29 is 9.90 Å². The van der Waals surface area contributed by atoms with Crippen molar-refractivity contribution >= 4 is 17.4 Å². The minimum atomic E-state index is -0.283. The number of carbonyl (C=O) groups is 1. The summed E-state index contributed by atoms with van der Waals surface area (Å²) in [4.78, 5) is 15.1. The van der Waals surface area contributed by atoms with Crippen LogP contribution in [0.3, 0.4) is 0 Å². The van der Waals surface area contributed by atoms with E-state index in [1.165, 1.54) is 5.56 Å². The summed E-state index contributed by atoms with van der Waals surface area (Å²) in [7, 11) is 0. The lowest BCUT2D eigenvalue weighted by Gasteiger charge is -2.36. The van der Waals surface area contributed by atoms with E-state index in [2.05, 4.69) is 15.7 Å². The van der Waals surface area contributed by atoms with Crippen LogP contribution in [-0.2, 0) is 12.8 Å². The molecular weight excluding hydrogens is 286 g/mol. The standard InChI is InChI=1S/C15H17N3O2S/c1-2-12-14(21-17-16-12)15(20)18-8-7-10-5-3-4-6-11(10)13(18)9-19/h3-6,13,19H,2,7-9H2,1H3. The highest BCUT2D eigenvalue weighted by atomic mass is 32.1. The van der Waals surface area contributed by atoms with Crippen molar-refractivity contribution in [3.63, 3.8) is 0 Å². The van der Waals surface area contributed by atoms with Crippen LogP contribution in [0.25, 0.3) is 0 Å². The van der Waals surface area contributed by atoms with E-state index < -0.39 is 0 Å². The first-order valence-corrected chi connectivity index (χ1v) is 7.84. The molecule has 0 radical (unpaired) electrons. The number of hydrogen-bond acceptors (Lipinski definition) is 5. The van der Waals surface area contributed by atoms with E-state index in [9.17, 15) is 9.90 Å². The van der Waals surface area contributed by atoms with Crippen molar-refractivity contribution in [2.45, 2.75) is 25.8 Å². The first-order chi connectivity index (χ1) is 10.3. The number of nitrogens with zero attached hydrogens (tertiary/aromatic N) is 3. The largest absolute Gasteiger partial charge is 0.394 e. The van der Waals surface area contributed by atoms with Crippen molar-refractivity contribution in [3.8, 4) is 0 Å². The van der Waals surface area contributed by atoms with Crippen LogP contribution in [-0.4, -0.2) is 38.7 Å². The van der Waals surface area contributed by atoms with Gasteiger partial charge in [-0.05, 0) is 35.5 Å². The summed E-state index contributed by atoms with van der Waals surface area (Å²) in [6.07, 6.45) is 1.50. The predicted molar refractivity (Wildman–Crippen MR) is 80.3 cm³/mol. The van der Waals surface area contributed by atoms with Crippen molar-refractivity contribution in [1.29, 1.82) is 0 Å². The van der Waals surface area contributed by atoms with Gasteiger partial charge in [0.1, 0.15) is 4.88 Å². The number of aliphatic hydroxyl groups is 1. The average Bonchev–Trinajstić information content (AvgIpc) is 3.01. The summed E-state index contributed by atoms with van der Waals surface area (Å²) < 4.78 is 3.89. The maximum atomic E-state index is 12.8. The maximum absolute atomic E-state index is 12.8. The van der Waals surface area contributed by atoms with Crippen LogP contribution in [0.5, 0.6) is 0 Å². The van der Waals surface area contributed by atoms with Gasteiger partial charge in [-0.3, -0.25) is 4.79 Å². The molecule has 1 amide bonds. The van der Waals surface area contributed by atoms with Crippen molar-refractivity contribution in [3.05, 3.63) is 46.0 Å². The van der Waals surface area contributed by atoms with E-state index in [1.807, 2.05) is 25.1 Å². The molecule has 0 aliphatic carbocycles. The molecule has 1 aliphatic rings. The maximum Gasteiger partial charge on any atom is 0.268 e. The number of hydrogen-bond donors (Lipinski definition) is 1. The van der Waals surface area contributed by atoms with Gasteiger partial charge >= 0.3 is 0 Å². The zero-order chi connectivity index (χ0) is 14.8. The van der Waals surface area contributed by atoms with Gasteiger partial charge in [0.25, 0.3) is 5.91 Å². The van der Waals surface area contributed by atoms with Gasteiger partial charge in [-0.25, -0.2) is 0 Å². The van der Waals surface area contributed by atoms with Crippen LogP contribution in [0.1, 0.15) is 39.5 Å². The number of carbonyl (C=O) groups excluding carboxylic acids is 1. The van der Waals surface area contributed by atoms with Gasteiger partial charge in [-0.2, -0.15) is 0 Å². The lowest BCUT2D eigenvalue weighted by molar-refractivity contribution is 0.0572. The number of amides is 1. The molecule has 0 spiro atoms. The van der Waals surface area contributed by atoms with Crippen LogP contribution < -0.4 is 0 Å². The van der Waals surface area contributed by atoms with E-state index in [4.69, 9.17) is 0 Å². The summed E-state index contributed by atoms with van der Waals surface area (Å²) in [5.74, 6) is -0.0737. The first kappa shape index (κ1) is 14.2. The molecule has 1 aromatic carbocycles. The molecule has 1 aliphatic heterocycles. The van der Waals surface area contributed by atoms with Crippen LogP contribution >= 0.6 is 11.5 Å². The third kappa shape index (κ3) is 2.45. The van der Waals surface area contributed by atoms with E-state index in [1.54, 1.807) is 4.90 Å². The molecule has 2 heterocycles. The molecule has 0 fully saturated rings. The fourth-order valence-electron chi connectivity index (χ4n) is 2.82. The Kier molecular flexibility index (Phi) is 3.98. The second kappa shape index (κ2) is 5.91. The number of benzene rings is 1. The minimum absolute atomic E-state index is 0.0730. The van der Waals surface area contributed by atoms with Gasteiger partial charge in [0.05, 0.1) is 18.3 Å². The Bertz CT molecular complexity index is 656. The van der Waals surface area contributed by atoms with Gasteiger partial charge in [0.15, 0.2) is 0 Å². The zero-order valence-electron chi connectivity index (χ0n) is 11.8. The number of fused-ring (bicyclic) bond motifs is 1. The molecule has 110 valence electrons. The Hall–Kier alpha value is -1.79. The molecule has 5 nitrogen and oxygen atoms in total. The molecule has 6 heteroatoms. The molecule has 0 saturated heterocycles. The van der Waals surface area contributed by atoms with E-state index in [0.717, 1.165) is 29.2 Å². The Balaban J connectivity index is 1.94. The Morgan fingerprint density at radius 2 is 2.29 bits per heavy atom. The highest BCUT2D eigenvalue weighted by Crippen LogP contribution is 2.31. The smallest absolute Gasteiger partial charge is 0.268 e. The number of aromatic nitrogens is 2. The third-order valence-corrected chi connectivity index (χ3v) is 4.69. The average molecular weight is 303 g/mol. The monoisotopic (exact) mass is 303 g/mol. The minimum Gasteiger partial charge on any atom is -0.394 e. The molecule has 1 atom stereocenters. The Morgan fingerprint density at radius 1 is 1.48 bits per heavy atom. The predicted octanol–water partition coefficient (Wildman–Crippen LogP) is 1.83. The van der Waals surface area contributed by atoms with Crippen LogP contribution in [0, 0.1) is 0 Å². The number of aliphatic hydroxyl groups excluding tert-OH is 1. The highest BCUT2D eigenvalue weighted by Gasteiger charge is 2.32. The van der Waals surface area contributed by atoms with Crippen LogP contribution in [0.4, 0.5) is 0 Å². The quantitative estimate of drug-likeness (QED) is 0.939. The van der Waals surface area contributed by atoms with Gasteiger partial charge < -0.3 is 10.0 Å². The topological polar surface area (TPSA) is 66.3 Å². The van der Waals surface area contributed by atoms with Gasteiger partial charge in [0.2, 0.25) is 0 Å². The van der Waals surface area contributed by atoms with Gasteiger partial charge in [-0.1, -0.05) is 35.7 Å². The first-order valence-electron chi connectivity index (χ1n) is 7.07. The SMILES string of the molecule is CCc1nnsc1C(=O)N1CCc2ccccc2C1CO. The normalized spacial score (nSPS) is 17.6. The van der Waals surface area contributed by atoms with Crippen molar-refractivity contribution in [2.75, 3.05) is 13.2 Å². The fraction of sp³-hybridized carbons (Fsp3) is 0.400. The molecule has 0 bridgehead atoms. The summed E-state index contributed by atoms with van der Waals surface area (Å²) in [5, 5.41) is 13.8. The fourth-order valence-corrected chi connectivity index (χ4v) is 3.53.